The Kier molecular flexibility index (Phi) is 9.71. The molecule has 7 N–H and O–H groups in total. The summed E-state index contributed by atoms with van der Waals surface area (Å²) in [5.74, 6) is -4.23. The lowest BCUT2D eigenvalue weighted by molar-refractivity contribution is -0.145. The molecule has 0 heterocycles. The van der Waals surface area contributed by atoms with Crippen LogP contribution in [0.3, 0.4) is 0 Å². The highest BCUT2D eigenvalue weighted by atomic mass is 16.4. The Morgan fingerprint density at radius 1 is 0.958 bits per heavy atom. The molecular weight excluding hydrogens is 326 g/mol. The van der Waals surface area contributed by atoms with Gasteiger partial charge in [-0.3, -0.25) is 14.4 Å². The van der Waals surface area contributed by atoms with Gasteiger partial charge in [0.15, 0.2) is 0 Å². The van der Waals surface area contributed by atoms with E-state index in [1.807, 2.05) is 5.32 Å². The Labute approximate surface area is 137 Å². The number of amides is 2. The molecule has 11 heteroatoms. The number of carbonyl (C=O) groups excluding carboxylic acids is 2. The fraction of sp³-hybridized carbons (Fsp3) is 0.615. The predicted octanol–water partition coefficient (Wildman–Crippen LogP) is -1.25. The van der Waals surface area contributed by atoms with E-state index in [1.165, 1.54) is 0 Å². The van der Waals surface area contributed by atoms with Gasteiger partial charge in [0, 0.05) is 19.4 Å². The van der Waals surface area contributed by atoms with Crippen molar-refractivity contribution in [2.24, 2.45) is 5.73 Å². The zero-order valence-electron chi connectivity index (χ0n) is 12.9. The number of carboxylic acid groups (broad SMARTS) is 3. The predicted molar refractivity (Wildman–Crippen MR) is 79.3 cm³/mol. The van der Waals surface area contributed by atoms with E-state index in [1.54, 1.807) is 0 Å². The Bertz CT molecular complexity index is 494. The molecule has 0 fully saturated rings. The van der Waals surface area contributed by atoms with Crippen LogP contribution in [0.4, 0.5) is 4.79 Å². The van der Waals surface area contributed by atoms with Crippen molar-refractivity contribution in [1.29, 1.82) is 0 Å². The second-order valence-corrected chi connectivity index (χ2v) is 5.01. The Morgan fingerprint density at radius 3 is 2.08 bits per heavy atom. The zero-order valence-corrected chi connectivity index (χ0v) is 12.9. The minimum atomic E-state index is -1.55. The average Bonchev–Trinajstić information content (AvgIpc) is 2.47. The van der Waals surface area contributed by atoms with Gasteiger partial charge >= 0.3 is 23.9 Å². The quantitative estimate of drug-likeness (QED) is 0.234. The number of nitrogens with one attached hydrogen (secondary N) is 2. The molecule has 0 aromatic heterocycles. The maximum Gasteiger partial charge on any atom is 0.326 e. The lowest BCUT2D eigenvalue weighted by atomic mass is 10.1. The van der Waals surface area contributed by atoms with Crippen molar-refractivity contribution in [3.05, 3.63) is 0 Å². The number of rotatable bonds is 12. The van der Waals surface area contributed by atoms with Crippen LogP contribution in [0.5, 0.6) is 0 Å². The third-order valence-electron chi connectivity index (χ3n) is 2.95. The molecule has 0 saturated carbocycles. The van der Waals surface area contributed by atoms with E-state index in [2.05, 4.69) is 5.32 Å². The molecule has 0 saturated heterocycles. The van der Waals surface area contributed by atoms with Crippen molar-refractivity contribution >= 4 is 29.7 Å². The lowest BCUT2D eigenvalue weighted by Crippen LogP contribution is -2.47. The Morgan fingerprint density at radius 2 is 1.58 bits per heavy atom. The number of aliphatic carboxylic acids is 3. The fourth-order valence-corrected chi connectivity index (χ4v) is 1.64. The summed E-state index contributed by atoms with van der Waals surface area (Å²) in [4.78, 5) is 54.6. The van der Waals surface area contributed by atoms with Crippen molar-refractivity contribution in [3.8, 4) is 0 Å². The highest BCUT2D eigenvalue weighted by molar-refractivity contribution is 5.86. The number of nitrogens with two attached hydrogens (primary N) is 1. The number of hydrogen-bond donors (Lipinski definition) is 6. The van der Waals surface area contributed by atoms with E-state index in [4.69, 9.17) is 21.1 Å². The maximum absolute atomic E-state index is 11.5. The molecule has 2 atom stereocenters. The SMILES string of the molecule is N[C@@H](CCC(=O)CCCNC(=O)N[C@@H](CC(=O)O)C(=O)O)C(=O)O. The largest absolute Gasteiger partial charge is 0.481 e. The van der Waals surface area contributed by atoms with Gasteiger partial charge < -0.3 is 31.7 Å². The Balaban J connectivity index is 3.96. The van der Waals surface area contributed by atoms with Crippen LogP contribution in [0.1, 0.15) is 32.1 Å². The molecule has 0 rings (SSSR count). The molecule has 0 unspecified atom stereocenters. The van der Waals surface area contributed by atoms with Crippen LogP contribution in [0, 0.1) is 0 Å². The van der Waals surface area contributed by atoms with E-state index in [0.717, 1.165) is 0 Å². The van der Waals surface area contributed by atoms with E-state index in [9.17, 15) is 24.0 Å². The molecule has 136 valence electrons. The summed E-state index contributed by atoms with van der Waals surface area (Å²) in [5.41, 5.74) is 5.26. The first-order valence-electron chi connectivity index (χ1n) is 7.12. The van der Waals surface area contributed by atoms with Crippen LogP contribution in [0.2, 0.25) is 0 Å². The average molecular weight is 347 g/mol. The van der Waals surface area contributed by atoms with Gasteiger partial charge in [0.25, 0.3) is 0 Å². The summed E-state index contributed by atoms with van der Waals surface area (Å²) in [5, 5.41) is 30.1. The number of Topliss-reactive ketones (excluding diaryl/α,β-unsaturated/α-hetero) is 1. The van der Waals surface area contributed by atoms with Crippen LogP contribution in [-0.4, -0.2) is 63.7 Å². The zero-order chi connectivity index (χ0) is 18.7. The first-order chi connectivity index (χ1) is 11.1. The summed E-state index contributed by atoms with van der Waals surface area (Å²) in [6.45, 7) is 0.0714. The van der Waals surface area contributed by atoms with E-state index in [0.29, 0.717) is 0 Å². The number of carbonyl (C=O) groups is 5. The molecule has 11 nitrogen and oxygen atoms in total. The molecule has 0 aromatic carbocycles. The number of urea groups is 1. The molecule has 0 bridgehead atoms. The lowest BCUT2D eigenvalue weighted by Gasteiger charge is -2.13. The molecule has 0 aromatic rings. The second-order valence-electron chi connectivity index (χ2n) is 5.01. The summed E-state index contributed by atoms with van der Waals surface area (Å²) < 4.78 is 0. The summed E-state index contributed by atoms with van der Waals surface area (Å²) >= 11 is 0. The van der Waals surface area contributed by atoms with E-state index < -0.39 is 42.4 Å². The number of ketones is 1. The van der Waals surface area contributed by atoms with Gasteiger partial charge in [-0.2, -0.15) is 0 Å². The van der Waals surface area contributed by atoms with Crippen molar-refractivity contribution in [3.63, 3.8) is 0 Å². The smallest absolute Gasteiger partial charge is 0.326 e. The third kappa shape index (κ3) is 10.1. The fourth-order valence-electron chi connectivity index (χ4n) is 1.64. The van der Waals surface area contributed by atoms with Crippen LogP contribution >= 0.6 is 0 Å². The van der Waals surface area contributed by atoms with E-state index in [-0.39, 0.29) is 38.0 Å². The first kappa shape index (κ1) is 21.3. The van der Waals surface area contributed by atoms with Gasteiger partial charge in [-0.25, -0.2) is 9.59 Å². The third-order valence-corrected chi connectivity index (χ3v) is 2.95. The van der Waals surface area contributed by atoms with Gasteiger partial charge in [0.05, 0.1) is 6.42 Å². The highest BCUT2D eigenvalue weighted by Gasteiger charge is 2.22. The van der Waals surface area contributed by atoms with Gasteiger partial charge in [0.1, 0.15) is 17.9 Å². The number of carboxylic acids is 3. The maximum atomic E-state index is 11.5. The van der Waals surface area contributed by atoms with Crippen molar-refractivity contribution < 1.29 is 39.3 Å². The highest BCUT2D eigenvalue weighted by Crippen LogP contribution is 2.01. The molecule has 24 heavy (non-hydrogen) atoms. The molecule has 0 spiro atoms. The monoisotopic (exact) mass is 347 g/mol. The van der Waals surface area contributed by atoms with E-state index >= 15 is 0 Å². The molecule has 2 amide bonds. The molecule has 0 radical (unpaired) electrons. The van der Waals surface area contributed by atoms with Crippen molar-refractivity contribution in [1.82, 2.24) is 10.6 Å². The molecular formula is C13H21N3O8. The molecule has 0 aliphatic heterocycles. The minimum absolute atomic E-state index is 0.0133. The van der Waals surface area contributed by atoms with Crippen molar-refractivity contribution in [2.45, 2.75) is 44.2 Å². The van der Waals surface area contributed by atoms with Crippen molar-refractivity contribution in [2.75, 3.05) is 6.54 Å². The van der Waals surface area contributed by atoms with Crippen LogP contribution < -0.4 is 16.4 Å². The van der Waals surface area contributed by atoms with Gasteiger partial charge in [-0.05, 0) is 12.8 Å². The van der Waals surface area contributed by atoms with Crippen LogP contribution in [0.15, 0.2) is 0 Å². The summed E-state index contributed by atoms with van der Waals surface area (Å²) in [6.07, 6.45) is -0.350. The van der Waals surface area contributed by atoms with Gasteiger partial charge in [-0.1, -0.05) is 0 Å². The molecule has 0 aliphatic carbocycles. The summed E-state index contributed by atoms with van der Waals surface area (Å²) in [6, 6.07) is -3.51. The summed E-state index contributed by atoms with van der Waals surface area (Å²) in [7, 11) is 0. The first-order valence-corrected chi connectivity index (χ1v) is 7.12. The van der Waals surface area contributed by atoms with Crippen LogP contribution in [-0.2, 0) is 19.2 Å². The van der Waals surface area contributed by atoms with Crippen LogP contribution in [0.25, 0.3) is 0 Å². The molecule has 0 aliphatic rings. The van der Waals surface area contributed by atoms with Gasteiger partial charge in [-0.15, -0.1) is 0 Å². The number of hydrogen-bond acceptors (Lipinski definition) is 6. The standard InChI is InChI=1S/C13H21N3O8/c14-8(11(20)21)4-3-7(17)2-1-5-15-13(24)16-9(12(22)23)6-10(18)19/h8-9H,1-6,14H2,(H,18,19)(H,20,21)(H,22,23)(H2,15,16,24)/t8-,9-/m0/s1. The Hall–Kier alpha value is -2.69. The normalized spacial score (nSPS) is 12.7. The minimum Gasteiger partial charge on any atom is -0.481 e. The van der Waals surface area contributed by atoms with Gasteiger partial charge in [0.2, 0.25) is 0 Å². The topological polar surface area (TPSA) is 196 Å². The second kappa shape index (κ2) is 10.9.